The summed E-state index contributed by atoms with van der Waals surface area (Å²) in [6.45, 7) is 0.610. The maximum absolute atomic E-state index is 12.3. The quantitative estimate of drug-likeness (QED) is 0.601. The Labute approximate surface area is 165 Å². The zero-order valence-electron chi connectivity index (χ0n) is 16.1. The molecule has 0 aliphatic carbocycles. The molecule has 0 spiro atoms. The van der Waals surface area contributed by atoms with E-state index in [1.807, 2.05) is 54.6 Å². The smallest absolute Gasteiger partial charge is 0.252 e. The number of nitrogens with zero attached hydrogens (tertiary/aromatic N) is 1. The van der Waals surface area contributed by atoms with Crippen molar-refractivity contribution >= 4 is 5.91 Å². The summed E-state index contributed by atoms with van der Waals surface area (Å²) in [6.07, 6.45) is 3.36. The molecule has 1 aromatic heterocycles. The first kappa shape index (κ1) is 19.4. The minimum Gasteiger partial charge on any atom is -0.497 e. The van der Waals surface area contributed by atoms with Crippen molar-refractivity contribution in [3.8, 4) is 22.8 Å². The van der Waals surface area contributed by atoms with E-state index < -0.39 is 0 Å². The van der Waals surface area contributed by atoms with Crippen molar-refractivity contribution in [1.82, 2.24) is 10.3 Å². The number of methoxy groups -OCH3 is 2. The molecule has 0 saturated carbocycles. The van der Waals surface area contributed by atoms with Crippen molar-refractivity contribution in [1.29, 1.82) is 0 Å². The number of rotatable bonds is 8. The molecule has 5 nitrogen and oxygen atoms in total. The maximum Gasteiger partial charge on any atom is 0.252 e. The number of benzene rings is 2. The highest BCUT2D eigenvalue weighted by Gasteiger charge is 2.09. The van der Waals surface area contributed by atoms with Gasteiger partial charge in [0.1, 0.15) is 11.5 Å². The number of pyridine rings is 1. The van der Waals surface area contributed by atoms with Gasteiger partial charge in [-0.05, 0) is 54.8 Å². The van der Waals surface area contributed by atoms with Gasteiger partial charge in [0, 0.05) is 18.3 Å². The van der Waals surface area contributed by atoms with Crippen LogP contribution in [0.5, 0.6) is 11.5 Å². The average molecular weight is 376 g/mol. The first-order valence-electron chi connectivity index (χ1n) is 9.22. The van der Waals surface area contributed by atoms with E-state index in [0.29, 0.717) is 12.1 Å². The van der Waals surface area contributed by atoms with E-state index in [9.17, 15) is 4.79 Å². The molecule has 3 aromatic rings. The molecule has 3 rings (SSSR count). The monoisotopic (exact) mass is 376 g/mol. The number of aryl methyl sites for hydroxylation is 1. The van der Waals surface area contributed by atoms with Gasteiger partial charge in [0.2, 0.25) is 0 Å². The van der Waals surface area contributed by atoms with Crippen LogP contribution >= 0.6 is 0 Å². The van der Waals surface area contributed by atoms with Crippen LogP contribution in [-0.4, -0.2) is 31.7 Å². The number of para-hydroxylation sites is 1. The molecular formula is C23H24N2O3. The molecule has 0 radical (unpaired) electrons. The topological polar surface area (TPSA) is 60.5 Å². The average Bonchev–Trinajstić information content (AvgIpc) is 2.77. The van der Waals surface area contributed by atoms with Gasteiger partial charge >= 0.3 is 0 Å². The van der Waals surface area contributed by atoms with Gasteiger partial charge in [0.15, 0.2) is 0 Å². The second kappa shape index (κ2) is 9.55. The molecule has 0 aliphatic rings. The third kappa shape index (κ3) is 4.88. The molecular weight excluding hydrogens is 352 g/mol. The van der Waals surface area contributed by atoms with E-state index >= 15 is 0 Å². The van der Waals surface area contributed by atoms with Gasteiger partial charge in [-0.2, -0.15) is 0 Å². The van der Waals surface area contributed by atoms with Crippen molar-refractivity contribution in [2.45, 2.75) is 12.8 Å². The first-order valence-corrected chi connectivity index (χ1v) is 9.22. The number of nitrogens with one attached hydrogen (secondary N) is 1. The lowest BCUT2D eigenvalue weighted by Crippen LogP contribution is -2.24. The van der Waals surface area contributed by atoms with Gasteiger partial charge in [-0.1, -0.05) is 24.3 Å². The standard InChI is InChI=1S/C23H24N2O3/c1-27-19-12-9-17(10-13-19)6-5-15-24-23(26)18-11-14-21(25-16-18)20-7-3-4-8-22(20)28-2/h3-4,7-14,16H,5-6,15H2,1-2H3,(H,24,26). The lowest BCUT2D eigenvalue weighted by atomic mass is 10.1. The zero-order chi connectivity index (χ0) is 19.8. The Balaban J connectivity index is 1.51. The summed E-state index contributed by atoms with van der Waals surface area (Å²) in [6, 6.07) is 19.3. The number of carbonyl (C=O) groups is 1. The number of amides is 1. The molecule has 2 aromatic carbocycles. The molecule has 28 heavy (non-hydrogen) atoms. The fraction of sp³-hybridized carbons (Fsp3) is 0.217. The van der Waals surface area contributed by atoms with Crippen LogP contribution in [0.1, 0.15) is 22.3 Å². The first-order chi connectivity index (χ1) is 13.7. The van der Waals surface area contributed by atoms with Crippen molar-refractivity contribution < 1.29 is 14.3 Å². The number of hydrogen-bond acceptors (Lipinski definition) is 4. The minimum atomic E-state index is -0.117. The van der Waals surface area contributed by atoms with Gasteiger partial charge in [-0.3, -0.25) is 9.78 Å². The van der Waals surface area contributed by atoms with Crippen molar-refractivity contribution in [2.24, 2.45) is 0 Å². The van der Waals surface area contributed by atoms with Crippen LogP contribution < -0.4 is 14.8 Å². The highest BCUT2D eigenvalue weighted by atomic mass is 16.5. The molecule has 1 amide bonds. The Hall–Kier alpha value is -3.34. The highest BCUT2D eigenvalue weighted by molar-refractivity contribution is 5.94. The van der Waals surface area contributed by atoms with Crippen LogP contribution in [0.3, 0.4) is 0 Å². The van der Waals surface area contributed by atoms with Crippen LogP contribution in [0.15, 0.2) is 66.9 Å². The number of aromatic nitrogens is 1. The fourth-order valence-corrected chi connectivity index (χ4v) is 2.93. The molecule has 0 fully saturated rings. The molecule has 0 atom stereocenters. The Morgan fingerprint density at radius 2 is 1.75 bits per heavy atom. The Morgan fingerprint density at radius 1 is 0.964 bits per heavy atom. The Bertz CT molecular complexity index is 906. The molecule has 0 unspecified atom stereocenters. The maximum atomic E-state index is 12.3. The van der Waals surface area contributed by atoms with Crippen LogP contribution in [0, 0.1) is 0 Å². The molecule has 1 heterocycles. The normalized spacial score (nSPS) is 10.4. The predicted molar refractivity (Wildman–Crippen MR) is 110 cm³/mol. The van der Waals surface area contributed by atoms with E-state index in [0.717, 1.165) is 35.6 Å². The zero-order valence-corrected chi connectivity index (χ0v) is 16.1. The minimum absolute atomic E-state index is 0.117. The largest absolute Gasteiger partial charge is 0.497 e. The molecule has 5 heteroatoms. The van der Waals surface area contributed by atoms with Crippen LogP contribution in [0.2, 0.25) is 0 Å². The third-order valence-electron chi connectivity index (χ3n) is 4.50. The van der Waals surface area contributed by atoms with E-state index in [1.165, 1.54) is 5.56 Å². The second-order valence-electron chi connectivity index (χ2n) is 6.34. The second-order valence-corrected chi connectivity index (χ2v) is 6.34. The summed E-state index contributed by atoms with van der Waals surface area (Å²) in [5.41, 5.74) is 3.44. The lowest BCUT2D eigenvalue weighted by Gasteiger charge is -2.09. The van der Waals surface area contributed by atoms with Crippen molar-refractivity contribution in [2.75, 3.05) is 20.8 Å². The van der Waals surface area contributed by atoms with E-state index in [-0.39, 0.29) is 5.91 Å². The van der Waals surface area contributed by atoms with Gasteiger partial charge in [-0.15, -0.1) is 0 Å². The van der Waals surface area contributed by atoms with Crippen LogP contribution in [-0.2, 0) is 6.42 Å². The Kier molecular flexibility index (Phi) is 6.63. The fourth-order valence-electron chi connectivity index (χ4n) is 2.93. The summed E-state index contributed by atoms with van der Waals surface area (Å²) in [5, 5.41) is 2.95. The molecule has 1 N–H and O–H groups in total. The van der Waals surface area contributed by atoms with E-state index in [2.05, 4.69) is 10.3 Å². The van der Waals surface area contributed by atoms with Crippen LogP contribution in [0.4, 0.5) is 0 Å². The predicted octanol–water partition coefficient (Wildman–Crippen LogP) is 4.13. The van der Waals surface area contributed by atoms with Crippen LogP contribution in [0.25, 0.3) is 11.3 Å². The van der Waals surface area contributed by atoms with Gasteiger partial charge in [0.25, 0.3) is 5.91 Å². The van der Waals surface area contributed by atoms with Gasteiger partial charge in [-0.25, -0.2) is 0 Å². The lowest BCUT2D eigenvalue weighted by molar-refractivity contribution is 0.0953. The Morgan fingerprint density at radius 3 is 2.43 bits per heavy atom. The molecule has 0 aliphatic heterocycles. The number of ether oxygens (including phenoxy) is 2. The summed E-state index contributed by atoms with van der Waals surface area (Å²) >= 11 is 0. The van der Waals surface area contributed by atoms with E-state index in [4.69, 9.17) is 9.47 Å². The number of hydrogen-bond donors (Lipinski definition) is 1. The van der Waals surface area contributed by atoms with Gasteiger partial charge in [0.05, 0.1) is 25.5 Å². The SMILES string of the molecule is COc1ccc(CCCNC(=O)c2ccc(-c3ccccc3OC)nc2)cc1. The summed E-state index contributed by atoms with van der Waals surface area (Å²) < 4.78 is 10.5. The number of carbonyl (C=O) groups excluding carboxylic acids is 1. The van der Waals surface area contributed by atoms with Crippen molar-refractivity contribution in [3.05, 3.63) is 78.0 Å². The summed E-state index contributed by atoms with van der Waals surface area (Å²) in [7, 11) is 3.29. The summed E-state index contributed by atoms with van der Waals surface area (Å²) in [4.78, 5) is 16.7. The van der Waals surface area contributed by atoms with Gasteiger partial charge < -0.3 is 14.8 Å². The molecule has 0 saturated heterocycles. The molecule has 144 valence electrons. The third-order valence-corrected chi connectivity index (χ3v) is 4.50. The van der Waals surface area contributed by atoms with Crippen molar-refractivity contribution in [3.63, 3.8) is 0 Å². The molecule has 0 bridgehead atoms. The highest BCUT2D eigenvalue weighted by Crippen LogP contribution is 2.27. The summed E-state index contributed by atoms with van der Waals surface area (Å²) in [5.74, 6) is 1.49. The van der Waals surface area contributed by atoms with E-state index in [1.54, 1.807) is 26.5 Å².